The van der Waals surface area contributed by atoms with E-state index in [4.69, 9.17) is 4.74 Å². The molecule has 0 N–H and O–H groups in total. The van der Waals surface area contributed by atoms with Crippen molar-refractivity contribution in [3.8, 4) is 0 Å². The zero-order chi connectivity index (χ0) is 16.5. The Balaban J connectivity index is 1.53. The summed E-state index contributed by atoms with van der Waals surface area (Å²) in [5, 5.41) is 8.05. The van der Waals surface area contributed by atoms with Gasteiger partial charge in [-0.25, -0.2) is 0 Å². The summed E-state index contributed by atoms with van der Waals surface area (Å²) in [4.78, 5) is 15.2. The summed E-state index contributed by atoms with van der Waals surface area (Å²) in [7, 11) is 1.90. The van der Waals surface area contributed by atoms with Gasteiger partial charge in [-0.05, 0) is 24.3 Å². The number of aromatic nitrogens is 3. The Morgan fingerprint density at radius 1 is 1.29 bits per heavy atom. The van der Waals surface area contributed by atoms with Gasteiger partial charge in [-0.1, -0.05) is 30.3 Å². The van der Waals surface area contributed by atoms with Crippen molar-refractivity contribution in [3.63, 3.8) is 0 Å². The summed E-state index contributed by atoms with van der Waals surface area (Å²) in [5.41, 5.74) is 1.13. The summed E-state index contributed by atoms with van der Waals surface area (Å²) in [6.07, 6.45) is 3.74. The maximum absolute atomic E-state index is 13.2. The van der Waals surface area contributed by atoms with Crippen molar-refractivity contribution < 1.29 is 9.53 Å². The van der Waals surface area contributed by atoms with Gasteiger partial charge in [0, 0.05) is 13.6 Å². The van der Waals surface area contributed by atoms with E-state index in [0.717, 1.165) is 24.2 Å². The number of benzene rings is 1. The second kappa shape index (κ2) is 6.36. The molecule has 1 aliphatic heterocycles. The summed E-state index contributed by atoms with van der Waals surface area (Å²) in [6, 6.07) is 10.2. The molecule has 126 valence electrons. The summed E-state index contributed by atoms with van der Waals surface area (Å²) >= 11 is 0. The zero-order valence-corrected chi connectivity index (χ0v) is 13.8. The van der Waals surface area contributed by atoms with Crippen LogP contribution < -0.4 is 0 Å². The van der Waals surface area contributed by atoms with Crippen molar-refractivity contribution >= 4 is 5.91 Å². The molecule has 1 amide bonds. The Hall–Kier alpha value is -2.21. The van der Waals surface area contributed by atoms with Crippen molar-refractivity contribution in [1.29, 1.82) is 0 Å². The molecule has 2 heterocycles. The van der Waals surface area contributed by atoms with E-state index in [9.17, 15) is 4.79 Å². The highest BCUT2D eigenvalue weighted by molar-refractivity contribution is 5.84. The minimum atomic E-state index is -0.203. The summed E-state index contributed by atoms with van der Waals surface area (Å²) in [5.74, 6) is 1.45. The van der Waals surface area contributed by atoms with Crippen LogP contribution in [0.25, 0.3) is 0 Å². The zero-order valence-electron chi connectivity index (χ0n) is 13.8. The molecule has 1 saturated heterocycles. The molecule has 1 aromatic carbocycles. The molecule has 2 aliphatic rings. The van der Waals surface area contributed by atoms with Crippen LogP contribution in [-0.2, 0) is 16.6 Å². The number of hydrogen-bond acceptors (Lipinski definition) is 4. The van der Waals surface area contributed by atoms with Crippen molar-refractivity contribution in [3.05, 3.63) is 48.0 Å². The number of carbonyl (C=O) groups is 1. The Morgan fingerprint density at radius 2 is 2.08 bits per heavy atom. The average molecular weight is 326 g/mol. The fourth-order valence-electron chi connectivity index (χ4n) is 3.49. The van der Waals surface area contributed by atoms with E-state index in [0.29, 0.717) is 25.6 Å². The molecule has 4 rings (SSSR count). The molecular formula is C18H22N4O2. The Kier molecular flexibility index (Phi) is 4.06. The molecule has 1 aromatic heterocycles. The second-order valence-corrected chi connectivity index (χ2v) is 6.67. The van der Waals surface area contributed by atoms with E-state index in [1.54, 1.807) is 6.33 Å². The first-order valence-electron chi connectivity index (χ1n) is 8.53. The third kappa shape index (κ3) is 2.94. The monoisotopic (exact) mass is 326 g/mol. The highest BCUT2D eigenvalue weighted by Crippen LogP contribution is 2.44. The van der Waals surface area contributed by atoms with Crippen LogP contribution in [0.3, 0.4) is 0 Å². The van der Waals surface area contributed by atoms with Crippen LogP contribution in [0.15, 0.2) is 36.7 Å². The van der Waals surface area contributed by atoms with E-state index in [1.165, 1.54) is 0 Å². The first kappa shape index (κ1) is 15.3. The molecule has 6 heteroatoms. The third-order valence-electron chi connectivity index (χ3n) is 4.93. The number of nitrogens with zero attached hydrogens (tertiary/aromatic N) is 4. The maximum atomic E-state index is 13.2. The predicted octanol–water partition coefficient (Wildman–Crippen LogP) is 1.91. The molecule has 0 radical (unpaired) electrons. The standard InChI is InChI=1S/C18H22N4O2/c1-21-12-19-20-17(21)15-11-22(9-10-24-15)18(23)16(14-7-8-14)13-5-3-2-4-6-13/h2-6,12,14-16H,7-11H2,1H3/t15-,16-/m1/s1. The molecule has 0 spiro atoms. The van der Waals surface area contributed by atoms with E-state index in [-0.39, 0.29) is 17.9 Å². The normalized spacial score (nSPS) is 22.4. The maximum Gasteiger partial charge on any atom is 0.230 e. The number of ether oxygens (including phenoxy) is 1. The smallest absolute Gasteiger partial charge is 0.230 e. The van der Waals surface area contributed by atoms with Crippen LogP contribution in [-0.4, -0.2) is 45.3 Å². The van der Waals surface area contributed by atoms with Gasteiger partial charge in [0.25, 0.3) is 0 Å². The fourth-order valence-corrected chi connectivity index (χ4v) is 3.49. The van der Waals surface area contributed by atoms with Gasteiger partial charge in [-0.15, -0.1) is 10.2 Å². The van der Waals surface area contributed by atoms with Gasteiger partial charge in [0.1, 0.15) is 12.4 Å². The van der Waals surface area contributed by atoms with Crippen molar-refractivity contribution in [1.82, 2.24) is 19.7 Å². The van der Waals surface area contributed by atoms with Crippen LogP contribution in [0.1, 0.15) is 36.3 Å². The van der Waals surface area contributed by atoms with E-state index < -0.39 is 0 Å². The lowest BCUT2D eigenvalue weighted by Crippen LogP contribution is -2.45. The lowest BCUT2D eigenvalue weighted by Gasteiger charge is -2.34. The lowest BCUT2D eigenvalue weighted by molar-refractivity contribution is -0.141. The Bertz CT molecular complexity index is 711. The quantitative estimate of drug-likeness (QED) is 0.861. The lowest BCUT2D eigenvalue weighted by atomic mass is 9.92. The molecule has 2 fully saturated rings. The van der Waals surface area contributed by atoms with Crippen LogP contribution in [0, 0.1) is 5.92 Å². The minimum absolute atomic E-state index is 0.0237. The van der Waals surface area contributed by atoms with Gasteiger partial charge >= 0.3 is 0 Å². The number of rotatable bonds is 4. The van der Waals surface area contributed by atoms with Gasteiger partial charge in [0.15, 0.2) is 5.82 Å². The molecule has 1 saturated carbocycles. The van der Waals surface area contributed by atoms with Crippen LogP contribution in [0.4, 0.5) is 0 Å². The van der Waals surface area contributed by atoms with E-state index >= 15 is 0 Å². The molecule has 2 atom stereocenters. The Labute approximate surface area is 141 Å². The van der Waals surface area contributed by atoms with E-state index in [1.807, 2.05) is 34.7 Å². The van der Waals surface area contributed by atoms with Crippen LogP contribution in [0.2, 0.25) is 0 Å². The number of aryl methyl sites for hydroxylation is 1. The molecule has 0 unspecified atom stereocenters. The van der Waals surface area contributed by atoms with Gasteiger partial charge in [0.2, 0.25) is 5.91 Å². The average Bonchev–Trinajstić information content (AvgIpc) is 3.36. The number of hydrogen-bond donors (Lipinski definition) is 0. The molecule has 24 heavy (non-hydrogen) atoms. The van der Waals surface area contributed by atoms with Crippen molar-refractivity contribution in [2.75, 3.05) is 19.7 Å². The van der Waals surface area contributed by atoms with Gasteiger partial charge in [-0.3, -0.25) is 4.79 Å². The SMILES string of the molecule is Cn1cnnc1[C@H]1CN(C(=O)[C@H](c2ccccc2)C2CC2)CCO1. The molecular weight excluding hydrogens is 304 g/mol. The minimum Gasteiger partial charge on any atom is -0.366 e. The number of amides is 1. The fraction of sp³-hybridized carbons (Fsp3) is 0.500. The van der Waals surface area contributed by atoms with Crippen LogP contribution in [0.5, 0.6) is 0 Å². The molecule has 1 aliphatic carbocycles. The summed E-state index contributed by atoms with van der Waals surface area (Å²) in [6.45, 7) is 1.72. The highest BCUT2D eigenvalue weighted by atomic mass is 16.5. The third-order valence-corrected chi connectivity index (χ3v) is 4.93. The van der Waals surface area contributed by atoms with Gasteiger partial charge in [-0.2, -0.15) is 0 Å². The number of morpholine rings is 1. The summed E-state index contributed by atoms with van der Waals surface area (Å²) < 4.78 is 7.68. The van der Waals surface area contributed by atoms with Crippen LogP contribution >= 0.6 is 0 Å². The highest BCUT2D eigenvalue weighted by Gasteiger charge is 2.40. The van der Waals surface area contributed by atoms with Gasteiger partial charge < -0.3 is 14.2 Å². The first-order chi connectivity index (χ1) is 11.7. The van der Waals surface area contributed by atoms with Crippen molar-refractivity contribution in [2.24, 2.45) is 13.0 Å². The topological polar surface area (TPSA) is 60.2 Å². The van der Waals surface area contributed by atoms with Gasteiger partial charge in [0.05, 0.1) is 19.1 Å². The van der Waals surface area contributed by atoms with Crippen molar-refractivity contribution in [2.45, 2.75) is 24.9 Å². The predicted molar refractivity (Wildman–Crippen MR) is 88.2 cm³/mol. The van der Waals surface area contributed by atoms with E-state index in [2.05, 4.69) is 22.3 Å². The second-order valence-electron chi connectivity index (χ2n) is 6.67. The molecule has 2 aromatic rings. The Morgan fingerprint density at radius 3 is 2.75 bits per heavy atom. The largest absolute Gasteiger partial charge is 0.366 e. The number of carbonyl (C=O) groups excluding carboxylic acids is 1. The molecule has 0 bridgehead atoms. The molecule has 6 nitrogen and oxygen atoms in total. The first-order valence-corrected chi connectivity index (χ1v) is 8.53.